The van der Waals surface area contributed by atoms with Gasteiger partial charge in [0.05, 0.1) is 6.04 Å². The summed E-state index contributed by atoms with van der Waals surface area (Å²) >= 11 is 0. The minimum atomic E-state index is -0.0758. The second-order valence-electron chi connectivity index (χ2n) is 16.1. The summed E-state index contributed by atoms with van der Waals surface area (Å²) in [7, 11) is 0. The average Bonchev–Trinajstić information content (AvgIpc) is 3.66. The van der Waals surface area contributed by atoms with Gasteiger partial charge in [0.2, 0.25) is 0 Å². The van der Waals surface area contributed by atoms with Crippen LogP contribution in [0.25, 0.3) is 27.8 Å². The average molecular weight is 699 g/mol. The maximum atomic E-state index is 2.64. The van der Waals surface area contributed by atoms with E-state index in [9.17, 15) is 0 Å². The van der Waals surface area contributed by atoms with Crippen LogP contribution < -0.4 is 4.90 Å². The van der Waals surface area contributed by atoms with Gasteiger partial charge in [-0.15, -0.1) is 0 Å². The molecule has 1 heterocycles. The van der Waals surface area contributed by atoms with E-state index in [0.29, 0.717) is 17.9 Å². The van der Waals surface area contributed by atoms with E-state index >= 15 is 0 Å². The molecule has 5 aliphatic rings. The van der Waals surface area contributed by atoms with Crippen molar-refractivity contribution < 1.29 is 0 Å². The molecule has 0 N–H and O–H groups in total. The van der Waals surface area contributed by atoms with Crippen molar-refractivity contribution in [3.8, 4) is 22.3 Å². The van der Waals surface area contributed by atoms with Gasteiger partial charge in [-0.2, -0.15) is 0 Å². The van der Waals surface area contributed by atoms with Crippen LogP contribution in [0.5, 0.6) is 0 Å². The van der Waals surface area contributed by atoms with E-state index in [1.165, 1.54) is 61.6 Å². The van der Waals surface area contributed by atoms with Crippen molar-refractivity contribution in [3.05, 3.63) is 204 Å². The number of hydrogen-bond acceptors (Lipinski definition) is 2. The number of rotatable bonds is 6. The summed E-state index contributed by atoms with van der Waals surface area (Å²) in [5.74, 6) is 0.954. The summed E-state index contributed by atoms with van der Waals surface area (Å²) in [5, 5.41) is 0. The Kier molecular flexibility index (Phi) is 7.84. The van der Waals surface area contributed by atoms with Crippen LogP contribution in [0.15, 0.2) is 187 Å². The minimum absolute atomic E-state index is 0.0758. The predicted octanol–water partition coefficient (Wildman–Crippen LogP) is 13.5. The molecule has 0 fully saturated rings. The molecule has 3 atom stereocenters. The standard InChI is InChI=1S/C52H46N2/c1-35-18-30-50-46(32-35)47-33-39(23-31-51(47)54(50)40-14-8-5-9-15-40)38-21-26-42(27-22-38)53(41-24-19-37(20-25-41)36-12-6-4-7-13-36)43-28-29-45-44-16-10-11-17-48(44)52(2,3)49(45)34-43/h4-8,10-14,16-31,33-35,47,51H,9,15,32H2,1-3H3. The van der Waals surface area contributed by atoms with E-state index in [0.717, 1.165) is 30.6 Å². The van der Waals surface area contributed by atoms with Crippen LogP contribution in [0.3, 0.4) is 0 Å². The Morgan fingerprint density at radius 1 is 0.667 bits per heavy atom. The zero-order valence-corrected chi connectivity index (χ0v) is 31.4. The molecule has 3 unspecified atom stereocenters. The number of fused-ring (bicyclic) bond motifs is 5. The van der Waals surface area contributed by atoms with E-state index < -0.39 is 0 Å². The summed E-state index contributed by atoms with van der Waals surface area (Å²) in [5.41, 5.74) is 18.3. The van der Waals surface area contributed by atoms with Crippen LogP contribution >= 0.6 is 0 Å². The molecule has 0 amide bonds. The monoisotopic (exact) mass is 698 g/mol. The molecule has 0 spiro atoms. The molecule has 54 heavy (non-hydrogen) atoms. The second-order valence-corrected chi connectivity index (χ2v) is 16.1. The molecule has 0 bridgehead atoms. The topological polar surface area (TPSA) is 6.48 Å². The van der Waals surface area contributed by atoms with Crippen molar-refractivity contribution in [1.82, 2.24) is 4.90 Å². The largest absolute Gasteiger partial charge is 0.337 e. The van der Waals surface area contributed by atoms with Gasteiger partial charge in [0, 0.05) is 39.8 Å². The fourth-order valence-corrected chi connectivity index (χ4v) is 9.65. The van der Waals surface area contributed by atoms with Gasteiger partial charge in [0.25, 0.3) is 0 Å². The summed E-state index contributed by atoms with van der Waals surface area (Å²) in [4.78, 5) is 5.06. The van der Waals surface area contributed by atoms with E-state index in [4.69, 9.17) is 0 Å². The molecule has 0 saturated carbocycles. The predicted molar refractivity (Wildman–Crippen MR) is 227 cm³/mol. The third kappa shape index (κ3) is 5.38. The smallest absolute Gasteiger partial charge is 0.0623 e. The highest BCUT2D eigenvalue weighted by Crippen LogP contribution is 2.51. The van der Waals surface area contributed by atoms with Crippen molar-refractivity contribution in [3.63, 3.8) is 0 Å². The van der Waals surface area contributed by atoms with Crippen LogP contribution in [0, 0.1) is 11.8 Å². The minimum Gasteiger partial charge on any atom is -0.337 e. The molecule has 5 aromatic rings. The summed E-state index contributed by atoms with van der Waals surface area (Å²) in [6.45, 7) is 7.08. The zero-order valence-electron chi connectivity index (χ0n) is 31.4. The van der Waals surface area contributed by atoms with Gasteiger partial charge in [-0.1, -0.05) is 142 Å². The quantitative estimate of drug-likeness (QED) is 0.174. The zero-order chi connectivity index (χ0) is 36.4. The lowest BCUT2D eigenvalue weighted by Crippen LogP contribution is -2.32. The Labute approximate surface area is 320 Å². The molecule has 0 saturated heterocycles. The van der Waals surface area contributed by atoms with Gasteiger partial charge in [0.1, 0.15) is 0 Å². The van der Waals surface area contributed by atoms with Gasteiger partial charge in [-0.3, -0.25) is 0 Å². The Bertz CT molecular complexity index is 2450. The van der Waals surface area contributed by atoms with Crippen LogP contribution in [-0.4, -0.2) is 10.9 Å². The second kappa shape index (κ2) is 12.9. The first kappa shape index (κ1) is 32.8. The van der Waals surface area contributed by atoms with Crippen molar-refractivity contribution in [2.75, 3.05) is 4.90 Å². The molecular formula is C52H46N2. The lowest BCUT2D eigenvalue weighted by Gasteiger charge is -2.33. The van der Waals surface area contributed by atoms with Crippen molar-refractivity contribution in [2.24, 2.45) is 11.8 Å². The van der Waals surface area contributed by atoms with E-state index in [1.807, 2.05) is 0 Å². The van der Waals surface area contributed by atoms with Crippen molar-refractivity contribution >= 4 is 22.6 Å². The van der Waals surface area contributed by atoms with Crippen LogP contribution in [0.2, 0.25) is 0 Å². The number of anilines is 3. The molecule has 4 aliphatic carbocycles. The molecule has 2 nitrogen and oxygen atoms in total. The van der Waals surface area contributed by atoms with Gasteiger partial charge >= 0.3 is 0 Å². The Morgan fingerprint density at radius 2 is 1.35 bits per heavy atom. The third-order valence-electron chi connectivity index (χ3n) is 12.4. The molecule has 0 aromatic heterocycles. The first-order chi connectivity index (χ1) is 26.4. The third-order valence-corrected chi connectivity index (χ3v) is 12.4. The van der Waals surface area contributed by atoms with E-state index in [-0.39, 0.29) is 5.41 Å². The molecule has 2 heteroatoms. The van der Waals surface area contributed by atoms with Gasteiger partial charge in [0.15, 0.2) is 0 Å². The van der Waals surface area contributed by atoms with E-state index in [1.54, 1.807) is 5.57 Å². The van der Waals surface area contributed by atoms with Crippen molar-refractivity contribution in [1.29, 1.82) is 0 Å². The summed E-state index contributed by atoms with van der Waals surface area (Å²) in [6.07, 6.45) is 22.4. The maximum Gasteiger partial charge on any atom is 0.0623 e. The first-order valence-corrected chi connectivity index (χ1v) is 19.7. The van der Waals surface area contributed by atoms with Crippen LogP contribution in [-0.2, 0) is 5.41 Å². The SMILES string of the molecule is CC1C=CC2=C(C1)C1C=C(c3ccc(N(c4ccc(-c5ccccc5)cc4)c4ccc5c(c4)C(C)(C)c4ccccc4-5)cc3)C=CC1N2C1=CC=CCC1. The van der Waals surface area contributed by atoms with Crippen LogP contribution in [0.4, 0.5) is 17.1 Å². The lowest BCUT2D eigenvalue weighted by molar-refractivity contribution is 0.359. The molecule has 10 rings (SSSR count). The van der Waals surface area contributed by atoms with Gasteiger partial charge in [-0.25, -0.2) is 0 Å². The number of allylic oxidation sites excluding steroid dienone is 8. The molecule has 0 radical (unpaired) electrons. The fourth-order valence-electron chi connectivity index (χ4n) is 9.65. The molecule has 1 aliphatic heterocycles. The Balaban J connectivity index is 1.02. The lowest BCUT2D eigenvalue weighted by atomic mass is 9.81. The van der Waals surface area contributed by atoms with Crippen LogP contribution in [0.1, 0.15) is 56.7 Å². The molecular weight excluding hydrogens is 653 g/mol. The van der Waals surface area contributed by atoms with Gasteiger partial charge in [-0.05, 0) is 124 Å². The fraction of sp³-hybridized carbons (Fsp3) is 0.192. The Hall–Kier alpha value is -5.86. The number of benzene rings is 5. The highest BCUT2D eigenvalue weighted by atomic mass is 15.2. The summed E-state index contributed by atoms with van der Waals surface area (Å²) < 4.78 is 0. The number of nitrogens with zero attached hydrogens (tertiary/aromatic N) is 2. The van der Waals surface area contributed by atoms with Crippen molar-refractivity contribution in [2.45, 2.75) is 51.5 Å². The molecule has 264 valence electrons. The maximum absolute atomic E-state index is 2.64. The van der Waals surface area contributed by atoms with Gasteiger partial charge < -0.3 is 9.80 Å². The highest BCUT2D eigenvalue weighted by molar-refractivity contribution is 5.86. The first-order valence-electron chi connectivity index (χ1n) is 19.7. The van der Waals surface area contributed by atoms with E-state index in [2.05, 4.69) is 201 Å². The molecule has 5 aromatic carbocycles. The number of hydrogen-bond donors (Lipinski definition) is 0. The highest BCUT2D eigenvalue weighted by Gasteiger charge is 2.41. The Morgan fingerprint density at radius 3 is 2.11 bits per heavy atom. The normalized spacial score (nSPS) is 21.6. The summed E-state index contributed by atoms with van der Waals surface area (Å²) in [6, 6.07) is 45.3.